The van der Waals surface area contributed by atoms with Crippen LogP contribution in [0.3, 0.4) is 0 Å². The van der Waals surface area contributed by atoms with Crippen molar-refractivity contribution in [2.24, 2.45) is 0 Å². The number of nitrogens with one attached hydrogen (secondary N) is 2. The highest BCUT2D eigenvalue weighted by Crippen LogP contribution is 2.29. The molecule has 0 bridgehead atoms. The Morgan fingerprint density at radius 2 is 1.52 bits per heavy atom. The molecule has 7 nitrogen and oxygen atoms in total. The molecule has 0 spiro atoms. The van der Waals surface area contributed by atoms with Crippen LogP contribution in [0.2, 0.25) is 5.02 Å². The minimum Gasteiger partial charge on any atom is -0.331 e. The molecule has 0 unspecified atom stereocenters. The van der Waals surface area contributed by atoms with Crippen molar-refractivity contribution < 1.29 is 9.36 Å². The zero-order chi connectivity index (χ0) is 22.9. The molecule has 0 saturated heterocycles. The van der Waals surface area contributed by atoms with Crippen LogP contribution in [0.1, 0.15) is 0 Å². The largest absolute Gasteiger partial charge is 0.441 e. The minimum atomic E-state index is 0.334. The van der Waals surface area contributed by atoms with E-state index in [0.717, 1.165) is 16.8 Å². The molecule has 4 aromatic rings. The van der Waals surface area contributed by atoms with Crippen LogP contribution < -0.4 is 15.2 Å². The van der Waals surface area contributed by atoms with Gasteiger partial charge < -0.3 is 10.6 Å². The third-order valence-corrected chi connectivity index (χ3v) is 4.93. The fourth-order valence-electron chi connectivity index (χ4n) is 2.98. The van der Waals surface area contributed by atoms with Crippen LogP contribution in [-0.4, -0.2) is 21.2 Å². The van der Waals surface area contributed by atoms with Crippen molar-refractivity contribution in [3.05, 3.63) is 109 Å². The van der Waals surface area contributed by atoms with Crippen molar-refractivity contribution in [3.63, 3.8) is 0 Å². The van der Waals surface area contributed by atoms with E-state index in [1.807, 2.05) is 67.0 Å². The van der Waals surface area contributed by atoms with Gasteiger partial charge >= 0.3 is 5.95 Å². The Kier molecular flexibility index (Phi) is 7.15. The van der Waals surface area contributed by atoms with Gasteiger partial charge in [-0.05, 0) is 69.6 Å². The van der Waals surface area contributed by atoms with E-state index in [9.17, 15) is 4.79 Å². The molecule has 0 aliphatic heterocycles. The van der Waals surface area contributed by atoms with Crippen molar-refractivity contribution in [1.82, 2.24) is 15.0 Å². The lowest BCUT2D eigenvalue weighted by Gasteiger charge is -2.08. The van der Waals surface area contributed by atoms with Gasteiger partial charge in [-0.3, -0.25) is 9.78 Å². The third-order valence-electron chi connectivity index (χ3n) is 4.57. The van der Waals surface area contributed by atoms with Gasteiger partial charge in [0.2, 0.25) is 11.6 Å². The summed E-state index contributed by atoms with van der Waals surface area (Å²) in [5.41, 5.74) is 2.96. The summed E-state index contributed by atoms with van der Waals surface area (Å²) < 4.78 is 1.80. The number of carbonyl (C=O) groups excluding carboxylic acids is 1. The summed E-state index contributed by atoms with van der Waals surface area (Å²) in [5, 5.41) is 6.63. The first-order valence-electron chi connectivity index (χ1n) is 10.1. The van der Waals surface area contributed by atoms with Crippen molar-refractivity contribution in [2.75, 3.05) is 10.6 Å². The summed E-state index contributed by atoms with van der Waals surface area (Å²) in [7, 11) is 0. The molecular formula is C25H20ClN6O+. The fourth-order valence-corrected chi connectivity index (χ4v) is 3.16. The Balaban J connectivity index is 1.69. The highest BCUT2D eigenvalue weighted by molar-refractivity contribution is 6.35. The number of allylic oxidation sites excluding steroid dienone is 3. The summed E-state index contributed by atoms with van der Waals surface area (Å²) in [6.45, 7) is 0. The molecule has 3 aromatic heterocycles. The molecule has 0 atom stereocenters. The molecular weight excluding hydrogens is 436 g/mol. The predicted octanol–water partition coefficient (Wildman–Crippen LogP) is 4.89. The van der Waals surface area contributed by atoms with Gasteiger partial charge in [0.05, 0.1) is 12.4 Å². The quantitative estimate of drug-likeness (QED) is 0.170. The molecule has 8 heteroatoms. The molecule has 0 saturated carbocycles. The van der Waals surface area contributed by atoms with Crippen LogP contribution in [0.5, 0.6) is 0 Å². The smallest absolute Gasteiger partial charge is 0.331 e. The topological polar surface area (TPSA) is 83.7 Å². The summed E-state index contributed by atoms with van der Waals surface area (Å²) in [6.07, 6.45) is 14.3. The van der Waals surface area contributed by atoms with E-state index in [0.29, 0.717) is 28.9 Å². The molecule has 4 rings (SSSR count). The summed E-state index contributed by atoms with van der Waals surface area (Å²) >= 11 is 6.59. The van der Waals surface area contributed by atoms with E-state index in [1.54, 1.807) is 35.3 Å². The Labute approximate surface area is 196 Å². The van der Waals surface area contributed by atoms with Gasteiger partial charge in [0, 0.05) is 24.3 Å². The lowest BCUT2D eigenvalue weighted by Crippen LogP contribution is -2.32. The monoisotopic (exact) mass is 455 g/mol. The molecule has 3 heterocycles. The van der Waals surface area contributed by atoms with Gasteiger partial charge in [0.1, 0.15) is 6.29 Å². The number of hydrogen-bond acceptors (Lipinski definition) is 6. The summed E-state index contributed by atoms with van der Waals surface area (Å²) in [5.74, 6) is 1.30. The number of anilines is 3. The van der Waals surface area contributed by atoms with Gasteiger partial charge in [-0.1, -0.05) is 35.9 Å². The van der Waals surface area contributed by atoms with Gasteiger partial charge in [0.15, 0.2) is 5.02 Å². The van der Waals surface area contributed by atoms with Crippen LogP contribution in [0.25, 0.3) is 17.1 Å². The Hall–Kier alpha value is -4.36. The number of nitrogens with zero attached hydrogens (tertiary/aromatic N) is 4. The van der Waals surface area contributed by atoms with Crippen LogP contribution in [-0.2, 0) is 4.79 Å². The van der Waals surface area contributed by atoms with Gasteiger partial charge in [-0.25, -0.2) is 4.57 Å². The first kappa shape index (κ1) is 21.9. The molecule has 33 heavy (non-hydrogen) atoms. The number of para-hydroxylation sites is 1. The molecule has 0 aliphatic rings. The Bertz CT molecular complexity index is 1280. The van der Waals surface area contributed by atoms with Crippen molar-refractivity contribution in [1.29, 1.82) is 0 Å². The lowest BCUT2D eigenvalue weighted by molar-refractivity contribution is -0.603. The molecule has 0 fully saturated rings. The van der Waals surface area contributed by atoms with Crippen LogP contribution in [0.15, 0.2) is 104 Å². The lowest BCUT2D eigenvalue weighted by atomic mass is 10.1. The number of halogens is 1. The number of aromatic nitrogens is 4. The van der Waals surface area contributed by atoms with E-state index < -0.39 is 0 Å². The molecule has 0 radical (unpaired) electrons. The number of carbonyl (C=O) groups is 1. The maximum absolute atomic E-state index is 10.4. The zero-order valence-electron chi connectivity index (χ0n) is 17.5. The SMILES string of the molecule is O=CC=CC=CNc1nc(-[n+]2ccc(-c3ccncc3)cc2)nc(Nc2ccccc2)c1Cl. The molecule has 1 aromatic carbocycles. The van der Waals surface area contributed by atoms with Crippen LogP contribution >= 0.6 is 11.6 Å². The minimum absolute atomic E-state index is 0.334. The average Bonchev–Trinajstić information content (AvgIpc) is 2.87. The number of aldehydes is 1. The second-order valence-electron chi connectivity index (χ2n) is 6.78. The fraction of sp³-hybridized carbons (Fsp3) is 0. The normalized spacial score (nSPS) is 11.1. The van der Waals surface area contributed by atoms with Gasteiger partial charge in [0.25, 0.3) is 0 Å². The second kappa shape index (κ2) is 10.8. The maximum atomic E-state index is 10.4. The van der Waals surface area contributed by atoms with E-state index in [4.69, 9.17) is 11.6 Å². The van der Waals surface area contributed by atoms with Crippen molar-refractivity contribution in [2.45, 2.75) is 0 Å². The highest BCUT2D eigenvalue weighted by Gasteiger charge is 2.22. The van der Waals surface area contributed by atoms with Crippen LogP contribution in [0, 0.1) is 0 Å². The first-order chi connectivity index (χ1) is 16.2. The van der Waals surface area contributed by atoms with Crippen molar-refractivity contribution >= 4 is 35.2 Å². The predicted molar refractivity (Wildman–Crippen MR) is 129 cm³/mol. The second-order valence-corrected chi connectivity index (χ2v) is 7.16. The Morgan fingerprint density at radius 3 is 2.24 bits per heavy atom. The van der Waals surface area contributed by atoms with Crippen LogP contribution in [0.4, 0.5) is 17.3 Å². The highest BCUT2D eigenvalue weighted by atomic mass is 35.5. The number of rotatable bonds is 8. The van der Waals surface area contributed by atoms with Gasteiger partial charge in [-0.2, -0.15) is 0 Å². The summed E-state index contributed by atoms with van der Waals surface area (Å²) in [6, 6.07) is 17.5. The maximum Gasteiger partial charge on any atom is 0.441 e. The molecule has 162 valence electrons. The summed E-state index contributed by atoms with van der Waals surface area (Å²) in [4.78, 5) is 23.7. The van der Waals surface area contributed by atoms with Crippen molar-refractivity contribution in [3.8, 4) is 17.1 Å². The van der Waals surface area contributed by atoms with E-state index in [1.165, 1.54) is 6.08 Å². The van der Waals surface area contributed by atoms with E-state index in [2.05, 4.69) is 25.6 Å². The zero-order valence-corrected chi connectivity index (χ0v) is 18.2. The Morgan fingerprint density at radius 1 is 0.818 bits per heavy atom. The first-order valence-corrected chi connectivity index (χ1v) is 10.5. The number of benzene rings is 1. The third kappa shape index (κ3) is 5.66. The molecule has 0 aliphatic carbocycles. The van der Waals surface area contributed by atoms with E-state index in [-0.39, 0.29) is 0 Å². The average molecular weight is 456 g/mol. The van der Waals surface area contributed by atoms with Gasteiger partial charge in [-0.15, -0.1) is 0 Å². The standard InChI is InChI=1S/C25H19ClN6O/c26-22-23(28-13-5-2-6-18-33)30-25(31-24(22)29-21-7-3-1-4-8-21)32-16-11-20(12-17-32)19-9-14-27-15-10-19/h1-18H,(H-,28,29,30,31,33)/p+1. The molecule has 2 N–H and O–H groups in total. The van der Waals surface area contributed by atoms with E-state index >= 15 is 0 Å². The number of hydrogen-bond donors (Lipinski definition) is 2. The molecule has 0 amide bonds. The number of pyridine rings is 2.